The first-order valence-corrected chi connectivity index (χ1v) is 7.44. The van der Waals surface area contributed by atoms with E-state index in [1.807, 2.05) is 36.4 Å². The molecule has 1 aliphatic carbocycles. The zero-order valence-electron chi connectivity index (χ0n) is 12.2. The van der Waals surface area contributed by atoms with Crippen molar-refractivity contribution in [3.8, 4) is 0 Å². The summed E-state index contributed by atoms with van der Waals surface area (Å²) >= 11 is 0. The van der Waals surface area contributed by atoms with Gasteiger partial charge in [-0.15, -0.1) is 0 Å². The number of hydrogen-bond acceptors (Lipinski definition) is 3. The highest BCUT2D eigenvalue weighted by atomic mass is 16.2. The van der Waals surface area contributed by atoms with E-state index < -0.39 is 17.8 Å². The lowest BCUT2D eigenvalue weighted by Gasteiger charge is -2.44. The molecule has 0 unspecified atom stereocenters. The van der Waals surface area contributed by atoms with Crippen molar-refractivity contribution in [1.82, 2.24) is 9.80 Å². The predicted octanol–water partition coefficient (Wildman–Crippen LogP) is 0.814. The second kappa shape index (κ2) is 4.53. The molecule has 4 atom stereocenters. The van der Waals surface area contributed by atoms with Gasteiger partial charge in [-0.05, 0) is 5.56 Å². The maximum atomic E-state index is 12.7. The summed E-state index contributed by atoms with van der Waals surface area (Å²) in [5.41, 5.74) is 0.919. The van der Waals surface area contributed by atoms with Crippen molar-refractivity contribution in [2.24, 2.45) is 17.8 Å². The zero-order chi connectivity index (χ0) is 15.4. The Morgan fingerprint density at radius 3 is 2.32 bits per heavy atom. The Labute approximate surface area is 128 Å². The molecule has 2 saturated heterocycles. The minimum absolute atomic E-state index is 0.0588. The molecule has 4 aliphatic rings. The lowest BCUT2D eigenvalue weighted by Crippen LogP contribution is -2.57. The summed E-state index contributed by atoms with van der Waals surface area (Å²) in [4.78, 5) is 40.6. The van der Waals surface area contributed by atoms with E-state index in [1.54, 1.807) is 18.0 Å². The van der Waals surface area contributed by atoms with Gasteiger partial charge in [0.2, 0.25) is 17.7 Å². The normalized spacial score (nSPS) is 32.9. The lowest BCUT2D eigenvalue weighted by molar-refractivity contribution is -0.148. The molecule has 5 nitrogen and oxygen atoms in total. The average Bonchev–Trinajstić information content (AvgIpc) is 2.79. The fraction of sp³-hybridized carbons (Fsp3) is 0.353. The van der Waals surface area contributed by atoms with E-state index in [4.69, 9.17) is 0 Å². The van der Waals surface area contributed by atoms with Gasteiger partial charge in [-0.3, -0.25) is 19.3 Å². The van der Waals surface area contributed by atoms with Crippen LogP contribution in [0.15, 0.2) is 42.5 Å². The van der Waals surface area contributed by atoms with Gasteiger partial charge in [0.25, 0.3) is 0 Å². The quantitative estimate of drug-likeness (QED) is 0.599. The Kier molecular flexibility index (Phi) is 2.73. The monoisotopic (exact) mass is 296 g/mol. The number of likely N-dealkylation sites (tertiary alicyclic amines) is 1. The fourth-order valence-electron chi connectivity index (χ4n) is 3.89. The van der Waals surface area contributed by atoms with Crippen LogP contribution in [0.4, 0.5) is 0 Å². The van der Waals surface area contributed by atoms with Gasteiger partial charge in [0, 0.05) is 7.05 Å². The summed E-state index contributed by atoms with van der Waals surface area (Å²) < 4.78 is 0. The van der Waals surface area contributed by atoms with E-state index in [0.29, 0.717) is 0 Å². The standard InChI is InChI=1S/C17H16N2O3/c1-18-12-8-7-11(15(18)20)13-14(12)17(22)19(16(13)21)9-10-5-3-2-4-6-10/h2-8,11-14H,9H2,1H3/t11-,12-,13-,14-/m0/s1. The number of amides is 3. The third-order valence-electron chi connectivity index (χ3n) is 5.02. The van der Waals surface area contributed by atoms with Crippen LogP contribution in [-0.4, -0.2) is 40.6 Å². The van der Waals surface area contributed by atoms with Crippen molar-refractivity contribution in [1.29, 1.82) is 0 Å². The third kappa shape index (κ3) is 1.62. The van der Waals surface area contributed by atoms with Crippen LogP contribution in [0.5, 0.6) is 0 Å². The van der Waals surface area contributed by atoms with Crippen molar-refractivity contribution < 1.29 is 14.4 Å². The molecule has 5 rings (SSSR count). The molecule has 0 spiro atoms. The number of carbonyl (C=O) groups is 3. The minimum atomic E-state index is -0.519. The number of piperidine rings is 1. The number of hydrogen-bond donors (Lipinski definition) is 0. The molecule has 0 saturated carbocycles. The van der Waals surface area contributed by atoms with Crippen molar-refractivity contribution in [2.75, 3.05) is 7.05 Å². The van der Waals surface area contributed by atoms with Crippen LogP contribution >= 0.6 is 0 Å². The fourth-order valence-corrected chi connectivity index (χ4v) is 3.89. The zero-order valence-corrected chi connectivity index (χ0v) is 12.2. The Morgan fingerprint density at radius 1 is 0.909 bits per heavy atom. The molecular weight excluding hydrogens is 280 g/mol. The van der Waals surface area contributed by atoms with Crippen LogP contribution in [0.2, 0.25) is 0 Å². The molecule has 3 aliphatic heterocycles. The van der Waals surface area contributed by atoms with Gasteiger partial charge >= 0.3 is 0 Å². The number of rotatable bonds is 2. The SMILES string of the molecule is CN1C(=O)[C@H]2C=C[C@H]1[C@@H]1C(=O)N(Cc3ccccc3)C(=O)[C@H]12. The van der Waals surface area contributed by atoms with Crippen molar-refractivity contribution >= 4 is 17.7 Å². The van der Waals surface area contributed by atoms with Gasteiger partial charge in [0.1, 0.15) is 0 Å². The molecule has 0 aromatic heterocycles. The van der Waals surface area contributed by atoms with Crippen LogP contribution in [0.25, 0.3) is 0 Å². The minimum Gasteiger partial charge on any atom is -0.338 e. The maximum Gasteiger partial charge on any atom is 0.235 e. The molecule has 1 aromatic rings. The van der Waals surface area contributed by atoms with Gasteiger partial charge in [0.05, 0.1) is 30.3 Å². The first-order chi connectivity index (χ1) is 10.6. The van der Waals surface area contributed by atoms with Crippen molar-refractivity contribution in [3.63, 3.8) is 0 Å². The van der Waals surface area contributed by atoms with Gasteiger partial charge in [-0.2, -0.15) is 0 Å². The molecule has 3 heterocycles. The first-order valence-electron chi connectivity index (χ1n) is 7.44. The summed E-state index contributed by atoms with van der Waals surface area (Å²) in [7, 11) is 1.71. The summed E-state index contributed by atoms with van der Waals surface area (Å²) in [6, 6.07) is 9.17. The number of nitrogens with zero attached hydrogens (tertiary/aromatic N) is 2. The van der Waals surface area contributed by atoms with Gasteiger partial charge in [0.15, 0.2) is 0 Å². The van der Waals surface area contributed by atoms with Gasteiger partial charge in [-0.25, -0.2) is 0 Å². The molecule has 0 N–H and O–H groups in total. The Hall–Kier alpha value is -2.43. The maximum absolute atomic E-state index is 12.7. The van der Waals surface area contributed by atoms with Crippen LogP contribution in [0, 0.1) is 17.8 Å². The summed E-state index contributed by atoms with van der Waals surface area (Å²) in [5, 5.41) is 0. The predicted molar refractivity (Wildman–Crippen MR) is 78.2 cm³/mol. The summed E-state index contributed by atoms with van der Waals surface area (Å²) in [6.45, 7) is 0.281. The number of imide groups is 1. The number of benzene rings is 1. The van der Waals surface area contributed by atoms with E-state index in [-0.39, 0.29) is 30.3 Å². The molecule has 2 fully saturated rings. The summed E-state index contributed by atoms with van der Waals surface area (Å²) in [6.07, 6.45) is 3.69. The molecule has 0 radical (unpaired) electrons. The second-order valence-corrected chi connectivity index (χ2v) is 6.15. The van der Waals surface area contributed by atoms with E-state index in [2.05, 4.69) is 0 Å². The van der Waals surface area contributed by atoms with E-state index >= 15 is 0 Å². The highest BCUT2D eigenvalue weighted by molar-refractivity contribution is 6.09. The van der Waals surface area contributed by atoms with Crippen molar-refractivity contribution in [2.45, 2.75) is 12.6 Å². The molecule has 112 valence electrons. The highest BCUT2D eigenvalue weighted by Crippen LogP contribution is 2.45. The van der Waals surface area contributed by atoms with Crippen LogP contribution in [0.3, 0.4) is 0 Å². The second-order valence-electron chi connectivity index (χ2n) is 6.15. The number of fused-ring (bicyclic) bond motifs is 1. The average molecular weight is 296 g/mol. The van der Waals surface area contributed by atoms with Crippen LogP contribution < -0.4 is 0 Å². The smallest absolute Gasteiger partial charge is 0.235 e. The topological polar surface area (TPSA) is 57.7 Å². The molecule has 1 aromatic carbocycles. The Morgan fingerprint density at radius 2 is 1.59 bits per heavy atom. The van der Waals surface area contributed by atoms with Gasteiger partial charge in [-0.1, -0.05) is 42.5 Å². The van der Waals surface area contributed by atoms with Crippen molar-refractivity contribution in [3.05, 3.63) is 48.0 Å². The molecular formula is C17H16N2O3. The summed E-state index contributed by atoms with van der Waals surface area (Å²) in [5.74, 6) is -1.85. The van der Waals surface area contributed by atoms with E-state index in [0.717, 1.165) is 5.56 Å². The largest absolute Gasteiger partial charge is 0.338 e. The third-order valence-corrected chi connectivity index (χ3v) is 5.02. The van der Waals surface area contributed by atoms with Crippen LogP contribution in [0.1, 0.15) is 5.56 Å². The highest BCUT2D eigenvalue weighted by Gasteiger charge is 2.60. The van der Waals surface area contributed by atoms with Crippen LogP contribution in [-0.2, 0) is 20.9 Å². The Balaban J connectivity index is 1.68. The molecule has 5 heteroatoms. The van der Waals surface area contributed by atoms with Gasteiger partial charge < -0.3 is 4.90 Å². The molecule has 22 heavy (non-hydrogen) atoms. The number of likely N-dealkylation sites (N-methyl/N-ethyl adjacent to an activating group) is 1. The number of carbonyl (C=O) groups excluding carboxylic acids is 3. The molecule has 3 amide bonds. The van der Waals surface area contributed by atoms with E-state index in [9.17, 15) is 14.4 Å². The Bertz CT molecular complexity index is 697. The molecule has 2 bridgehead atoms. The lowest BCUT2D eigenvalue weighted by atomic mass is 9.70. The first kappa shape index (κ1) is 13.2. The van der Waals surface area contributed by atoms with E-state index in [1.165, 1.54) is 4.90 Å².